The van der Waals surface area contributed by atoms with Crippen molar-refractivity contribution in [2.24, 2.45) is 0 Å². The number of anilines is 3. The van der Waals surface area contributed by atoms with Gasteiger partial charge in [-0.25, -0.2) is 0 Å². The number of nitrogens with zero attached hydrogens (tertiary/aromatic N) is 2. The number of pyridine rings is 1. The molecule has 0 radical (unpaired) electrons. The molecule has 1 aliphatic heterocycles. The largest absolute Gasteiger partial charge is 0.497 e. The van der Waals surface area contributed by atoms with Crippen LogP contribution < -0.4 is 29.7 Å². The summed E-state index contributed by atoms with van der Waals surface area (Å²) in [6, 6.07) is 12.4. The molecule has 2 N–H and O–H groups in total. The van der Waals surface area contributed by atoms with Gasteiger partial charge in [0.1, 0.15) is 5.75 Å². The van der Waals surface area contributed by atoms with E-state index >= 15 is 0 Å². The number of fused-ring (bicyclic) bond motifs is 2. The first-order chi connectivity index (χ1) is 15.0. The molecule has 1 aliphatic rings. The van der Waals surface area contributed by atoms with E-state index < -0.39 is 0 Å². The zero-order chi connectivity index (χ0) is 21.8. The molecule has 4 rings (SSSR count). The molecular weight excluding hydrogens is 392 g/mol. The van der Waals surface area contributed by atoms with Crippen molar-refractivity contribution in [2.45, 2.75) is 25.8 Å². The lowest BCUT2D eigenvalue weighted by molar-refractivity contribution is 0.174. The fourth-order valence-electron chi connectivity index (χ4n) is 3.80. The van der Waals surface area contributed by atoms with Crippen LogP contribution in [0.15, 0.2) is 42.6 Å². The first-order valence-electron chi connectivity index (χ1n) is 10.6. The Morgan fingerprint density at radius 1 is 1.13 bits per heavy atom. The highest BCUT2D eigenvalue weighted by Gasteiger charge is 2.18. The van der Waals surface area contributed by atoms with Crippen LogP contribution in [-0.2, 0) is 0 Å². The molecule has 0 saturated heterocycles. The Bertz CT molecular complexity index is 1050. The summed E-state index contributed by atoms with van der Waals surface area (Å²) in [6.45, 7) is 3.34. The summed E-state index contributed by atoms with van der Waals surface area (Å²) in [5.74, 6) is 2.42. The van der Waals surface area contributed by atoms with Gasteiger partial charge in [0.25, 0.3) is 0 Å². The maximum Gasteiger partial charge on any atom is 0.231 e. The van der Waals surface area contributed by atoms with Crippen LogP contribution in [0.25, 0.3) is 10.9 Å². The average Bonchev–Trinajstić information content (AvgIpc) is 3.23. The summed E-state index contributed by atoms with van der Waals surface area (Å²) in [5, 5.41) is 8.23. The Morgan fingerprint density at radius 3 is 2.71 bits per heavy atom. The highest BCUT2D eigenvalue weighted by atomic mass is 16.7. The van der Waals surface area contributed by atoms with E-state index in [1.807, 2.05) is 50.6 Å². The first kappa shape index (κ1) is 20.9. The predicted molar refractivity (Wildman–Crippen MR) is 126 cm³/mol. The van der Waals surface area contributed by atoms with Crippen molar-refractivity contribution < 1.29 is 14.2 Å². The van der Waals surface area contributed by atoms with E-state index in [9.17, 15) is 0 Å². The third kappa shape index (κ3) is 4.71. The van der Waals surface area contributed by atoms with E-state index in [0.29, 0.717) is 6.04 Å². The van der Waals surface area contributed by atoms with Crippen LogP contribution in [-0.4, -0.2) is 45.6 Å². The molecule has 2 heterocycles. The molecule has 0 bridgehead atoms. The Balaban J connectivity index is 1.36. The Labute approximate surface area is 183 Å². The van der Waals surface area contributed by atoms with E-state index in [0.717, 1.165) is 64.6 Å². The molecule has 0 spiro atoms. The van der Waals surface area contributed by atoms with Crippen molar-refractivity contribution in [1.29, 1.82) is 0 Å². The molecule has 2 aromatic carbocycles. The van der Waals surface area contributed by atoms with E-state index in [-0.39, 0.29) is 6.79 Å². The van der Waals surface area contributed by atoms with Crippen LogP contribution in [0.1, 0.15) is 19.8 Å². The second-order valence-electron chi connectivity index (χ2n) is 7.98. The van der Waals surface area contributed by atoms with Gasteiger partial charge in [-0.05, 0) is 31.9 Å². The maximum atomic E-state index is 5.53. The number of hydrogen-bond acceptors (Lipinski definition) is 7. The van der Waals surface area contributed by atoms with Crippen LogP contribution in [0.5, 0.6) is 17.2 Å². The monoisotopic (exact) mass is 422 g/mol. The number of benzene rings is 2. The zero-order valence-corrected chi connectivity index (χ0v) is 18.6. The standard InChI is InChI=1S/C24H30N4O3/c1-16(27-20-12-18(29-4)11-17-8-6-10-26-24(17)20)7-5-9-25-19-13-22-23(31-15-30-22)14-21(19)28(2)3/h6,8,10-14,16,25,27H,5,7,9,15H2,1-4H3. The molecule has 1 atom stereocenters. The molecule has 3 aromatic rings. The van der Waals surface area contributed by atoms with Crippen LogP contribution in [0.3, 0.4) is 0 Å². The molecule has 1 aromatic heterocycles. The smallest absolute Gasteiger partial charge is 0.231 e. The Hall–Kier alpha value is -3.35. The molecule has 7 nitrogen and oxygen atoms in total. The molecule has 0 saturated carbocycles. The second-order valence-corrected chi connectivity index (χ2v) is 7.98. The lowest BCUT2D eigenvalue weighted by atomic mass is 10.1. The van der Waals surface area contributed by atoms with Crippen LogP contribution in [0.2, 0.25) is 0 Å². The minimum absolute atomic E-state index is 0.280. The van der Waals surface area contributed by atoms with E-state index in [4.69, 9.17) is 14.2 Å². The van der Waals surface area contributed by atoms with Crippen molar-refractivity contribution in [3.63, 3.8) is 0 Å². The molecule has 31 heavy (non-hydrogen) atoms. The summed E-state index contributed by atoms with van der Waals surface area (Å²) >= 11 is 0. The number of nitrogens with one attached hydrogen (secondary N) is 2. The van der Waals surface area contributed by atoms with Crippen molar-refractivity contribution in [3.8, 4) is 17.2 Å². The van der Waals surface area contributed by atoms with Gasteiger partial charge >= 0.3 is 0 Å². The van der Waals surface area contributed by atoms with Gasteiger partial charge in [0, 0.05) is 56.5 Å². The van der Waals surface area contributed by atoms with E-state index in [1.165, 1.54) is 0 Å². The summed E-state index contributed by atoms with van der Waals surface area (Å²) < 4.78 is 16.5. The van der Waals surface area contributed by atoms with Gasteiger partial charge in [-0.2, -0.15) is 0 Å². The number of ether oxygens (including phenoxy) is 3. The lowest BCUT2D eigenvalue weighted by Crippen LogP contribution is -2.18. The van der Waals surface area contributed by atoms with Gasteiger partial charge in [-0.15, -0.1) is 0 Å². The van der Waals surface area contributed by atoms with Crippen LogP contribution >= 0.6 is 0 Å². The lowest BCUT2D eigenvalue weighted by Gasteiger charge is -2.20. The van der Waals surface area contributed by atoms with Crippen LogP contribution in [0.4, 0.5) is 17.1 Å². The second kappa shape index (κ2) is 9.20. The summed E-state index contributed by atoms with van der Waals surface area (Å²) in [5.41, 5.74) is 4.10. The molecular formula is C24H30N4O3. The average molecular weight is 423 g/mol. The minimum Gasteiger partial charge on any atom is -0.497 e. The molecule has 0 aliphatic carbocycles. The molecule has 164 valence electrons. The van der Waals surface area contributed by atoms with Crippen LogP contribution in [0, 0.1) is 0 Å². The number of methoxy groups -OCH3 is 1. The Morgan fingerprint density at radius 2 is 1.94 bits per heavy atom. The van der Waals surface area contributed by atoms with Gasteiger partial charge < -0.3 is 29.7 Å². The third-order valence-electron chi connectivity index (χ3n) is 5.42. The molecule has 0 amide bonds. The highest BCUT2D eigenvalue weighted by Crippen LogP contribution is 2.40. The third-order valence-corrected chi connectivity index (χ3v) is 5.42. The minimum atomic E-state index is 0.280. The van der Waals surface area contributed by atoms with Crippen molar-refractivity contribution in [1.82, 2.24) is 4.98 Å². The number of hydrogen-bond donors (Lipinski definition) is 2. The van der Waals surface area contributed by atoms with Crippen molar-refractivity contribution in [3.05, 3.63) is 42.6 Å². The fraction of sp³-hybridized carbons (Fsp3) is 0.375. The normalized spacial score (nSPS) is 13.2. The molecule has 1 unspecified atom stereocenters. The Kier molecular flexibility index (Phi) is 6.21. The summed E-state index contributed by atoms with van der Waals surface area (Å²) in [7, 11) is 5.75. The predicted octanol–water partition coefficient (Wildman–Crippen LogP) is 4.73. The van der Waals surface area contributed by atoms with Crippen molar-refractivity contribution in [2.75, 3.05) is 50.1 Å². The van der Waals surface area contributed by atoms with Gasteiger partial charge in [0.05, 0.1) is 29.7 Å². The topological polar surface area (TPSA) is 67.9 Å². The van der Waals surface area contributed by atoms with Gasteiger partial charge in [-0.3, -0.25) is 4.98 Å². The maximum absolute atomic E-state index is 5.53. The SMILES string of the molecule is COc1cc(NC(C)CCCNc2cc3c(cc2N(C)C)OCO3)c2ncccc2c1. The quantitative estimate of drug-likeness (QED) is 0.483. The highest BCUT2D eigenvalue weighted by molar-refractivity contribution is 5.91. The fourth-order valence-corrected chi connectivity index (χ4v) is 3.80. The molecule has 7 heteroatoms. The van der Waals surface area contributed by atoms with Gasteiger partial charge in [-0.1, -0.05) is 6.07 Å². The number of rotatable bonds is 9. The van der Waals surface area contributed by atoms with Gasteiger partial charge in [0.2, 0.25) is 6.79 Å². The van der Waals surface area contributed by atoms with Gasteiger partial charge in [0.15, 0.2) is 11.5 Å². The number of aromatic nitrogens is 1. The van der Waals surface area contributed by atoms with E-state index in [2.05, 4.69) is 33.5 Å². The summed E-state index contributed by atoms with van der Waals surface area (Å²) in [4.78, 5) is 6.62. The summed E-state index contributed by atoms with van der Waals surface area (Å²) in [6.07, 6.45) is 3.85. The van der Waals surface area contributed by atoms with Crippen molar-refractivity contribution >= 4 is 28.0 Å². The first-order valence-corrected chi connectivity index (χ1v) is 10.6. The zero-order valence-electron chi connectivity index (χ0n) is 18.6. The molecule has 0 fully saturated rings. The van der Waals surface area contributed by atoms with E-state index in [1.54, 1.807) is 7.11 Å².